The largest absolute Gasteiger partial charge is 0.421 e. The number of carbonyl (C=O) groups is 2. The zero-order valence-electron chi connectivity index (χ0n) is 27.3. The Hall–Kier alpha value is -4.82. The van der Waals surface area contributed by atoms with Gasteiger partial charge in [0.25, 0.3) is 0 Å². The fourth-order valence-electron chi connectivity index (χ4n) is 6.50. The maximum absolute atomic E-state index is 13.8. The third-order valence-corrected chi connectivity index (χ3v) is 10.3. The van der Waals surface area contributed by atoms with E-state index in [2.05, 4.69) is 36.9 Å². The van der Waals surface area contributed by atoms with Crippen molar-refractivity contribution in [2.75, 3.05) is 30.0 Å². The molecule has 6 rings (SSSR count). The third kappa shape index (κ3) is 8.48. The van der Waals surface area contributed by atoms with Crippen LogP contribution < -0.4 is 16.0 Å². The Balaban J connectivity index is 1.07. The van der Waals surface area contributed by atoms with Gasteiger partial charge in [-0.1, -0.05) is 48.5 Å². The lowest BCUT2D eigenvalue weighted by Crippen LogP contribution is -2.40. The van der Waals surface area contributed by atoms with E-state index in [0.717, 1.165) is 61.6 Å². The number of hydrogen-bond donors (Lipinski definition) is 3. The van der Waals surface area contributed by atoms with Crippen molar-refractivity contribution in [3.63, 3.8) is 0 Å². The van der Waals surface area contributed by atoms with Crippen molar-refractivity contribution in [1.29, 1.82) is 0 Å². The van der Waals surface area contributed by atoms with Crippen LogP contribution in [0, 0.1) is 0 Å². The highest BCUT2D eigenvalue weighted by molar-refractivity contribution is 7.90. The second-order valence-corrected chi connectivity index (χ2v) is 14.7. The first-order valence-corrected chi connectivity index (χ1v) is 18.2. The Morgan fingerprint density at radius 3 is 2.40 bits per heavy atom. The number of carbonyl (C=O) groups excluding carboxylic acids is 2. The number of nitrogens with zero attached hydrogens (tertiary/aromatic N) is 3. The van der Waals surface area contributed by atoms with Gasteiger partial charge in [-0.05, 0) is 84.8 Å². The van der Waals surface area contributed by atoms with E-state index in [1.165, 1.54) is 18.2 Å². The molecule has 1 atom stereocenters. The van der Waals surface area contributed by atoms with Crippen LogP contribution in [0.3, 0.4) is 0 Å². The first kappa shape index (κ1) is 35.0. The van der Waals surface area contributed by atoms with Gasteiger partial charge < -0.3 is 10.6 Å². The molecule has 3 heterocycles. The van der Waals surface area contributed by atoms with Gasteiger partial charge in [-0.2, -0.15) is 18.2 Å². The maximum Gasteiger partial charge on any atom is 0.421 e. The van der Waals surface area contributed by atoms with Crippen LogP contribution >= 0.6 is 0 Å². The lowest BCUT2D eigenvalue weighted by atomic mass is 9.86. The number of likely N-dealkylation sites (tertiary alicyclic amines) is 1. The van der Waals surface area contributed by atoms with Crippen LogP contribution in [0.2, 0.25) is 0 Å². The predicted octanol–water partition coefficient (Wildman–Crippen LogP) is 6.15. The number of amides is 2. The van der Waals surface area contributed by atoms with E-state index < -0.39 is 27.4 Å². The molecule has 50 heavy (non-hydrogen) atoms. The molecule has 2 aliphatic heterocycles. The molecule has 10 nitrogen and oxygen atoms in total. The van der Waals surface area contributed by atoms with Crippen LogP contribution in [-0.4, -0.2) is 54.4 Å². The molecule has 2 aliphatic rings. The van der Waals surface area contributed by atoms with Gasteiger partial charge in [0.2, 0.25) is 17.8 Å². The molecular weight excluding hydrogens is 669 g/mol. The number of imide groups is 1. The van der Waals surface area contributed by atoms with Crippen LogP contribution in [0.5, 0.6) is 0 Å². The molecule has 262 valence electrons. The number of halogens is 3. The average molecular weight is 707 g/mol. The average Bonchev–Trinajstić information content (AvgIpc) is 3.08. The van der Waals surface area contributed by atoms with E-state index in [1.807, 2.05) is 42.5 Å². The normalized spacial score (nSPS) is 17.7. The van der Waals surface area contributed by atoms with Gasteiger partial charge in [0.15, 0.2) is 9.84 Å². The van der Waals surface area contributed by atoms with Crippen molar-refractivity contribution in [2.45, 2.75) is 61.7 Å². The van der Waals surface area contributed by atoms with Crippen molar-refractivity contribution in [3.8, 4) is 0 Å². The molecule has 0 radical (unpaired) electrons. The highest BCUT2D eigenvalue weighted by atomic mass is 32.2. The number of hydrogen-bond acceptors (Lipinski definition) is 9. The van der Waals surface area contributed by atoms with E-state index in [4.69, 9.17) is 0 Å². The predicted molar refractivity (Wildman–Crippen MR) is 182 cm³/mol. The Morgan fingerprint density at radius 1 is 0.960 bits per heavy atom. The minimum absolute atomic E-state index is 0.0240. The van der Waals surface area contributed by atoms with E-state index in [0.29, 0.717) is 30.0 Å². The molecule has 3 aromatic carbocycles. The maximum atomic E-state index is 13.8. The van der Waals surface area contributed by atoms with Gasteiger partial charge in [0.1, 0.15) is 11.4 Å². The first-order valence-electron chi connectivity index (χ1n) is 16.3. The summed E-state index contributed by atoms with van der Waals surface area (Å²) in [6, 6.07) is 21.6. The standard InChI is InChI=1S/C36H37F3N6O4S/c1-50(48,49)28-7-4-5-23(19-28)20-40-33-31(36(37,38)39)21-41-35(44-33)42-27-11-9-24(10-12-27)25-15-17-45(18-16-25)22-26-6-2-3-8-29(26)30-13-14-32(46)43-34(30)47/h2-12,19,21,25,30H,13-18,20,22H2,1H3,(H,43,46,47)(H2,40,41,42,44). The molecule has 0 aliphatic carbocycles. The fraction of sp³-hybridized carbons (Fsp3) is 0.333. The summed E-state index contributed by atoms with van der Waals surface area (Å²) in [4.78, 5) is 34.6. The highest BCUT2D eigenvalue weighted by Gasteiger charge is 2.35. The summed E-state index contributed by atoms with van der Waals surface area (Å²) in [5.74, 6) is -0.896. The Bertz CT molecular complexity index is 1980. The van der Waals surface area contributed by atoms with Crippen LogP contribution in [0.25, 0.3) is 0 Å². The molecule has 1 aromatic heterocycles. The molecule has 1 unspecified atom stereocenters. The molecule has 0 spiro atoms. The first-order chi connectivity index (χ1) is 23.8. The summed E-state index contributed by atoms with van der Waals surface area (Å²) in [6.07, 6.45) is -0.183. The number of piperidine rings is 2. The van der Waals surface area contributed by atoms with Crippen molar-refractivity contribution >= 4 is 39.1 Å². The molecule has 2 saturated heterocycles. The molecule has 2 amide bonds. The minimum atomic E-state index is -4.70. The summed E-state index contributed by atoms with van der Waals surface area (Å²) >= 11 is 0. The SMILES string of the molecule is CS(=O)(=O)c1cccc(CNc2nc(Nc3ccc(C4CCN(Cc5ccccc5C5CCC(=O)NC5=O)CC4)cc3)ncc2C(F)(F)F)c1. The molecule has 14 heteroatoms. The Morgan fingerprint density at radius 2 is 1.70 bits per heavy atom. The molecule has 3 N–H and O–H groups in total. The number of aromatic nitrogens is 2. The molecule has 2 fully saturated rings. The van der Waals surface area contributed by atoms with Gasteiger partial charge in [0, 0.05) is 37.7 Å². The van der Waals surface area contributed by atoms with Crippen LogP contribution in [-0.2, 0) is 38.7 Å². The van der Waals surface area contributed by atoms with Gasteiger partial charge in [-0.25, -0.2) is 13.4 Å². The van der Waals surface area contributed by atoms with Gasteiger partial charge in [-0.15, -0.1) is 0 Å². The fourth-order valence-corrected chi connectivity index (χ4v) is 7.19. The monoisotopic (exact) mass is 706 g/mol. The number of anilines is 3. The summed E-state index contributed by atoms with van der Waals surface area (Å²) in [6.45, 7) is 2.40. The number of benzene rings is 3. The van der Waals surface area contributed by atoms with Crippen molar-refractivity contribution in [2.24, 2.45) is 0 Å². The second-order valence-electron chi connectivity index (χ2n) is 12.7. The summed E-state index contributed by atoms with van der Waals surface area (Å²) in [5, 5.41) is 8.15. The molecule has 0 bridgehead atoms. The molecular formula is C36H37F3N6O4S. The van der Waals surface area contributed by atoms with Crippen molar-refractivity contribution in [1.82, 2.24) is 20.2 Å². The van der Waals surface area contributed by atoms with Crippen molar-refractivity contribution in [3.05, 3.63) is 107 Å². The Kier molecular flexibility index (Phi) is 10.2. The number of rotatable bonds is 10. The molecule has 0 saturated carbocycles. The zero-order chi connectivity index (χ0) is 35.5. The molecule has 4 aromatic rings. The third-order valence-electron chi connectivity index (χ3n) is 9.17. The van der Waals surface area contributed by atoms with E-state index in [-0.39, 0.29) is 35.1 Å². The number of nitrogens with one attached hydrogen (secondary N) is 3. The van der Waals surface area contributed by atoms with Crippen LogP contribution in [0.4, 0.5) is 30.6 Å². The number of alkyl halides is 3. The van der Waals surface area contributed by atoms with Crippen LogP contribution in [0.1, 0.15) is 65.3 Å². The summed E-state index contributed by atoms with van der Waals surface area (Å²) in [5.41, 5.74) is 3.29. The second kappa shape index (κ2) is 14.6. The Labute approximate surface area is 288 Å². The summed E-state index contributed by atoms with van der Waals surface area (Å²) in [7, 11) is -3.48. The van der Waals surface area contributed by atoms with E-state index in [1.54, 1.807) is 6.07 Å². The topological polar surface area (TPSA) is 133 Å². The highest BCUT2D eigenvalue weighted by Crippen LogP contribution is 2.35. The van der Waals surface area contributed by atoms with Gasteiger partial charge in [0.05, 0.1) is 10.8 Å². The lowest BCUT2D eigenvalue weighted by molar-refractivity contribution is -0.137. The quantitative estimate of drug-likeness (QED) is 0.166. The smallest absolute Gasteiger partial charge is 0.365 e. The van der Waals surface area contributed by atoms with Gasteiger partial charge >= 0.3 is 6.18 Å². The van der Waals surface area contributed by atoms with E-state index in [9.17, 15) is 31.2 Å². The number of sulfone groups is 1. The van der Waals surface area contributed by atoms with Gasteiger partial charge in [-0.3, -0.25) is 19.8 Å². The van der Waals surface area contributed by atoms with E-state index >= 15 is 0 Å². The lowest BCUT2D eigenvalue weighted by Gasteiger charge is -2.33. The minimum Gasteiger partial charge on any atom is -0.365 e. The van der Waals surface area contributed by atoms with Crippen LogP contribution in [0.15, 0.2) is 83.9 Å². The van der Waals surface area contributed by atoms with Crippen molar-refractivity contribution < 1.29 is 31.2 Å². The summed E-state index contributed by atoms with van der Waals surface area (Å²) < 4.78 is 65.1. The zero-order valence-corrected chi connectivity index (χ0v) is 28.2.